The first kappa shape index (κ1) is 90.7. The summed E-state index contributed by atoms with van der Waals surface area (Å²) >= 11 is 26.1. The monoisotopic (exact) mass is 1720 g/mol. The first-order valence-electron chi connectivity index (χ1n) is 37.9. The third kappa shape index (κ3) is 26.4. The van der Waals surface area contributed by atoms with Crippen molar-refractivity contribution in [3.05, 3.63) is 257 Å². The number of carboxylic acids is 3. The molecule has 0 aliphatic carbocycles. The summed E-state index contributed by atoms with van der Waals surface area (Å²) < 4.78 is 12.7. The van der Waals surface area contributed by atoms with Gasteiger partial charge in [-0.2, -0.15) is 0 Å². The maximum atomic E-state index is 13.2. The molecule has 0 unspecified atom stereocenters. The predicted octanol–water partition coefficient (Wildman–Crippen LogP) is 19.7. The van der Waals surface area contributed by atoms with E-state index >= 15 is 0 Å². The largest absolute Gasteiger partial charge is 0.497 e. The highest BCUT2D eigenvalue weighted by atomic mass is 35.5. The lowest BCUT2D eigenvalue weighted by molar-refractivity contribution is -0.138. The van der Waals surface area contributed by atoms with E-state index < -0.39 is 17.9 Å². The van der Waals surface area contributed by atoms with E-state index in [0.29, 0.717) is 158 Å². The minimum Gasteiger partial charge on any atom is -0.497 e. The van der Waals surface area contributed by atoms with Crippen molar-refractivity contribution in [2.75, 3.05) is 13.7 Å². The number of nitrogens with zero attached hydrogens (tertiary/aromatic N) is 8. The third-order valence-electron chi connectivity index (χ3n) is 18.9. The molecule has 0 aliphatic heterocycles. The molecule has 4 N–H and O–H groups in total. The van der Waals surface area contributed by atoms with Crippen LogP contribution in [0.15, 0.2) is 185 Å². The van der Waals surface area contributed by atoms with E-state index in [0.717, 1.165) is 46.0 Å². The number of ether oxygens (including phenoxy) is 1. The Bertz CT molecular complexity index is 5740. The predicted molar refractivity (Wildman–Crippen MR) is 473 cm³/mol. The Morgan fingerprint density at radius 2 is 0.836 bits per heavy atom. The van der Waals surface area contributed by atoms with Crippen molar-refractivity contribution in [3.63, 3.8) is 0 Å². The van der Waals surface area contributed by atoms with Crippen molar-refractivity contribution >= 4 is 160 Å². The van der Waals surface area contributed by atoms with Gasteiger partial charge in [0.1, 0.15) is 10.4 Å². The van der Waals surface area contributed by atoms with Crippen LogP contribution in [-0.2, 0) is 68.4 Å². The second-order valence-corrected chi connectivity index (χ2v) is 33.8. The normalized spacial score (nSPS) is 11.1. The molecular formula is C87H94Cl3N9O12S5. The summed E-state index contributed by atoms with van der Waals surface area (Å²) in [5.41, 5.74) is 14.1. The zero-order valence-electron chi connectivity index (χ0n) is 66.0. The fourth-order valence-electron chi connectivity index (χ4n) is 12.4. The van der Waals surface area contributed by atoms with Crippen molar-refractivity contribution < 1.29 is 39.2 Å². The van der Waals surface area contributed by atoms with Gasteiger partial charge in [-0.3, -0.25) is 56.6 Å². The second-order valence-electron chi connectivity index (χ2n) is 27.8. The van der Waals surface area contributed by atoms with Gasteiger partial charge in [0.25, 0.3) is 22.2 Å². The molecule has 610 valence electrons. The van der Waals surface area contributed by atoms with E-state index in [1.165, 1.54) is 104 Å². The number of unbranched alkanes of at least 4 members (excludes halogenated alkanes) is 5. The highest BCUT2D eigenvalue weighted by molar-refractivity contribution is 7.99. The first-order valence-corrected chi connectivity index (χ1v) is 43.9. The van der Waals surface area contributed by atoms with Crippen LogP contribution < -0.4 is 32.3 Å². The number of fused-ring (bicyclic) bond motifs is 4. The van der Waals surface area contributed by atoms with Gasteiger partial charge in [0.2, 0.25) is 5.91 Å². The molecule has 29 heteroatoms. The number of thiophene rings is 1. The van der Waals surface area contributed by atoms with E-state index in [4.69, 9.17) is 69.8 Å². The number of methoxy groups -OCH3 is 1. The number of aromatic nitrogens is 8. The molecule has 12 rings (SSSR count). The van der Waals surface area contributed by atoms with Crippen molar-refractivity contribution in [2.45, 2.75) is 195 Å². The van der Waals surface area contributed by atoms with E-state index in [9.17, 15) is 38.4 Å². The number of carbonyl (C=O) groups is 4. The Balaban J connectivity index is 0.000000177. The average Bonchev–Trinajstić information content (AvgIpc) is 1.01. The van der Waals surface area contributed by atoms with Crippen LogP contribution in [0, 0.1) is 41.5 Å². The molecule has 0 saturated heterocycles. The van der Waals surface area contributed by atoms with Gasteiger partial charge in [-0.15, -0.1) is 11.3 Å². The van der Waals surface area contributed by atoms with Crippen LogP contribution in [0.3, 0.4) is 0 Å². The number of aryl methyl sites for hydroxylation is 6. The van der Waals surface area contributed by atoms with E-state index in [2.05, 4.69) is 106 Å². The van der Waals surface area contributed by atoms with Gasteiger partial charge >= 0.3 is 17.9 Å². The molecule has 0 radical (unpaired) electrons. The van der Waals surface area contributed by atoms with Crippen LogP contribution in [0.1, 0.15) is 140 Å². The number of hydrogen-bond acceptors (Lipinski definition) is 18. The fraction of sp³-hybridized carbons (Fsp3) is 0.333. The maximum absolute atomic E-state index is 13.2. The quantitative estimate of drug-likeness (QED) is 0.0166. The van der Waals surface area contributed by atoms with Crippen LogP contribution in [0.25, 0.3) is 42.9 Å². The summed E-state index contributed by atoms with van der Waals surface area (Å²) in [4.78, 5) is 114. The molecule has 0 fully saturated rings. The van der Waals surface area contributed by atoms with Crippen molar-refractivity contribution in [1.29, 1.82) is 0 Å². The Kier molecular flexibility index (Phi) is 35.1. The van der Waals surface area contributed by atoms with Gasteiger partial charge in [0.05, 0.1) is 45.3 Å². The molecule has 5 aromatic heterocycles. The van der Waals surface area contributed by atoms with Crippen molar-refractivity contribution in [2.24, 2.45) is 0 Å². The molecule has 7 aromatic carbocycles. The summed E-state index contributed by atoms with van der Waals surface area (Å²) in [5, 5.41) is 37.1. The fourth-order valence-corrected chi connectivity index (χ4v) is 18.3. The number of benzene rings is 7. The van der Waals surface area contributed by atoms with Crippen LogP contribution >= 0.6 is 93.2 Å². The molecule has 0 saturated carbocycles. The van der Waals surface area contributed by atoms with Gasteiger partial charge < -0.3 is 25.4 Å². The van der Waals surface area contributed by atoms with Gasteiger partial charge in [-0.25, -0.2) is 19.9 Å². The smallest absolute Gasteiger partial charge is 0.303 e. The van der Waals surface area contributed by atoms with E-state index in [-0.39, 0.29) is 47.4 Å². The first-order chi connectivity index (χ1) is 55.7. The SMILES string of the molecule is CC(=O)NCCCCCn1c(SCc2cc(C)ccc2C)nc2ccsc2c1=O.COc1ccc2nc(SCc3cc(C)ccc3C)n(CCCCC(=O)O)c(=O)c2c1.Cc1ccc(C)c(CSc2nc3ccc(Cl)cc3c(=O)n2CCCCC(=O)O)c1.O=C(O)CCCCn1c(SCc2c(Cl)cccc2Cl)nc2ccccc2c1=O. The number of hydrogen-bond donors (Lipinski definition) is 4. The highest BCUT2D eigenvalue weighted by Crippen LogP contribution is 2.34. The summed E-state index contributed by atoms with van der Waals surface area (Å²) in [7, 11) is 1.56. The zero-order chi connectivity index (χ0) is 83.5. The minimum atomic E-state index is -0.841. The number of aliphatic carboxylic acids is 3. The summed E-state index contributed by atoms with van der Waals surface area (Å²) in [5.74, 6) is 0.778. The van der Waals surface area contributed by atoms with Gasteiger partial charge in [-0.05, 0) is 210 Å². The number of rotatable bonds is 34. The lowest BCUT2D eigenvalue weighted by Gasteiger charge is -2.14. The van der Waals surface area contributed by atoms with Crippen LogP contribution in [0.4, 0.5) is 0 Å². The summed E-state index contributed by atoms with van der Waals surface area (Å²) in [6.45, 7) is 16.6. The van der Waals surface area contributed by atoms with Gasteiger partial charge in [0.15, 0.2) is 20.6 Å². The third-order valence-corrected chi connectivity index (χ3v) is 24.8. The summed E-state index contributed by atoms with van der Waals surface area (Å²) in [6.07, 6.45) is 6.29. The second kappa shape index (κ2) is 44.9. The van der Waals surface area contributed by atoms with Gasteiger partial charge in [0, 0.05) is 97.0 Å². The standard InChI is InChI=1S/C23H26N2O4S.C22H23ClN2O3S.C22H27N3O2S2.C20H18Cl2N2O3S/c1-15-7-8-16(2)17(12-15)14-30-23-24-20-10-9-18(29-3)13-19(20)22(28)25(23)11-5-4-6-21(26)27;1-14-6-7-15(2)16(11-14)13-29-22-24-19-9-8-17(23)12-18(19)21(28)25(22)10-4-3-5-20(26)27;1-15-7-8-16(2)18(13-15)14-29-22-24-19-9-12-28-20(19)21(27)25(22)11-6-4-5-10-23-17(3)26;21-15-7-5-8-16(22)14(15)12-28-20-23-17-9-2-1-6-13(17)19(27)24(20)11-4-3-10-18(25)26/h7-10,12-13H,4-6,11,14H2,1-3H3,(H,26,27);6-9,11-12H,3-5,10,13H2,1-2H3,(H,26,27);7-9,12-13H,4-6,10-11,14H2,1-3H3,(H,23,26);1-2,5-9H,3-4,10-12H2,(H,25,26). The molecule has 0 atom stereocenters. The number of carbonyl (C=O) groups excluding carboxylic acids is 1. The van der Waals surface area contributed by atoms with Gasteiger partial charge in [-0.1, -0.05) is 171 Å². The number of thioether (sulfide) groups is 4. The molecular weight excluding hydrogens is 1630 g/mol. The van der Waals surface area contributed by atoms with Crippen molar-refractivity contribution in [1.82, 2.24) is 43.5 Å². The van der Waals surface area contributed by atoms with Crippen LogP contribution in [0.5, 0.6) is 5.75 Å². The molecule has 21 nitrogen and oxygen atoms in total. The number of carboxylic acid groups (broad SMARTS) is 3. The molecule has 0 spiro atoms. The van der Waals surface area contributed by atoms with E-state index in [1.807, 2.05) is 22.1 Å². The minimum absolute atomic E-state index is 0.00121. The molecule has 1 amide bonds. The molecule has 0 aliphatic rings. The van der Waals surface area contributed by atoms with Crippen molar-refractivity contribution in [3.8, 4) is 5.75 Å². The number of para-hydroxylation sites is 1. The van der Waals surface area contributed by atoms with E-state index in [1.54, 1.807) is 105 Å². The topological polar surface area (TPSA) is 290 Å². The zero-order valence-corrected chi connectivity index (χ0v) is 72.3. The lowest BCUT2D eigenvalue weighted by atomic mass is 10.1. The Labute approximate surface area is 709 Å². The lowest BCUT2D eigenvalue weighted by Crippen LogP contribution is -2.23. The number of halogens is 3. The van der Waals surface area contributed by atoms with Crippen LogP contribution in [-0.4, -0.2) is 91.0 Å². The molecule has 116 heavy (non-hydrogen) atoms. The number of nitrogens with one attached hydrogen (secondary N) is 1. The Morgan fingerprint density at radius 1 is 0.431 bits per heavy atom. The molecule has 12 aromatic rings. The molecule has 0 bridgehead atoms. The average molecular weight is 1720 g/mol. The highest BCUT2D eigenvalue weighted by Gasteiger charge is 2.20. The molecule has 5 heterocycles. The van der Waals surface area contributed by atoms with Crippen LogP contribution in [0.2, 0.25) is 15.1 Å². The Hall–Kier alpha value is -9.25. The number of amides is 1. The summed E-state index contributed by atoms with van der Waals surface area (Å²) in [6, 6.07) is 44.0. The maximum Gasteiger partial charge on any atom is 0.303 e. The Morgan fingerprint density at radius 3 is 1.29 bits per heavy atom.